The molecule has 30 heavy (non-hydrogen) atoms. The van der Waals surface area contributed by atoms with Crippen LogP contribution in [0.25, 0.3) is 0 Å². The van der Waals surface area contributed by atoms with E-state index in [2.05, 4.69) is 0 Å². The van der Waals surface area contributed by atoms with E-state index in [0.717, 1.165) is 0 Å². The highest BCUT2D eigenvalue weighted by Gasteiger charge is 2.24. The molecule has 0 aromatic heterocycles. The van der Waals surface area contributed by atoms with E-state index in [4.69, 9.17) is 14.2 Å². The number of benzene rings is 1. The number of rotatable bonds is 6. The molecule has 164 valence electrons. The number of carbonyl (C=O) groups excluding carboxylic acids is 3. The molecule has 1 aromatic rings. The first kappa shape index (κ1) is 22.6. The number of hydrogen-bond acceptors (Lipinski definition) is 7. The van der Waals surface area contributed by atoms with Crippen molar-refractivity contribution in [1.29, 1.82) is 0 Å². The predicted octanol–water partition coefficient (Wildman–Crippen LogP) is 1.43. The van der Waals surface area contributed by atoms with E-state index in [1.807, 2.05) is 13.8 Å². The first-order chi connectivity index (χ1) is 14.4. The summed E-state index contributed by atoms with van der Waals surface area (Å²) in [7, 11) is 0. The highest BCUT2D eigenvalue weighted by molar-refractivity contribution is 8.00. The summed E-state index contributed by atoms with van der Waals surface area (Å²) in [6.45, 7) is 6.69. The van der Waals surface area contributed by atoms with E-state index in [1.54, 1.807) is 34.1 Å². The fourth-order valence-electron chi connectivity index (χ4n) is 3.38. The molecule has 0 saturated carbocycles. The first-order valence-corrected chi connectivity index (χ1v) is 11.1. The summed E-state index contributed by atoms with van der Waals surface area (Å²) in [6.07, 6.45) is 0.00414. The minimum atomic E-state index is -0.569. The Balaban J connectivity index is 1.53. The molecule has 2 saturated heterocycles. The third-order valence-corrected chi connectivity index (χ3v) is 6.03. The van der Waals surface area contributed by atoms with E-state index in [9.17, 15) is 14.4 Å². The van der Waals surface area contributed by atoms with Crippen molar-refractivity contribution >= 4 is 29.5 Å². The zero-order chi connectivity index (χ0) is 21.5. The average Bonchev–Trinajstić information content (AvgIpc) is 2.75. The highest BCUT2D eigenvalue weighted by Crippen LogP contribution is 2.24. The predicted molar refractivity (Wildman–Crippen MR) is 111 cm³/mol. The van der Waals surface area contributed by atoms with Gasteiger partial charge in [-0.05, 0) is 26.0 Å². The number of nitrogens with zero attached hydrogens (tertiary/aromatic N) is 2. The van der Waals surface area contributed by atoms with Crippen LogP contribution in [0.1, 0.15) is 24.2 Å². The molecule has 2 heterocycles. The van der Waals surface area contributed by atoms with Gasteiger partial charge >= 0.3 is 5.97 Å². The number of esters is 1. The lowest BCUT2D eigenvalue weighted by atomic mass is 10.2. The van der Waals surface area contributed by atoms with E-state index in [-0.39, 0.29) is 36.4 Å². The molecule has 2 atom stereocenters. The average molecular weight is 437 g/mol. The quantitative estimate of drug-likeness (QED) is 0.493. The molecule has 2 amide bonds. The zero-order valence-electron chi connectivity index (χ0n) is 17.4. The maximum absolute atomic E-state index is 12.6. The van der Waals surface area contributed by atoms with E-state index < -0.39 is 5.97 Å². The number of carbonyl (C=O) groups is 3. The molecule has 0 N–H and O–H groups in total. The largest absolute Gasteiger partial charge is 0.452 e. The van der Waals surface area contributed by atoms with Gasteiger partial charge in [-0.2, -0.15) is 0 Å². The Morgan fingerprint density at radius 1 is 1.00 bits per heavy atom. The van der Waals surface area contributed by atoms with Gasteiger partial charge in [-0.25, -0.2) is 4.79 Å². The molecule has 0 radical (unpaired) electrons. The fraction of sp³-hybridized carbons (Fsp3) is 0.571. The van der Waals surface area contributed by atoms with Gasteiger partial charge in [0.25, 0.3) is 5.91 Å². The van der Waals surface area contributed by atoms with Crippen LogP contribution < -0.4 is 0 Å². The van der Waals surface area contributed by atoms with Crippen molar-refractivity contribution in [2.45, 2.75) is 31.0 Å². The van der Waals surface area contributed by atoms with E-state index in [0.29, 0.717) is 49.9 Å². The second-order valence-electron chi connectivity index (χ2n) is 7.40. The molecule has 2 unspecified atom stereocenters. The SMILES string of the molecule is CC1CN(C(=O)COC(=O)c2ccccc2SCC(=O)N2CCOC(C)C2)CCO1. The van der Waals surface area contributed by atoms with Gasteiger partial charge in [0.2, 0.25) is 5.91 Å². The molecule has 0 spiro atoms. The lowest BCUT2D eigenvalue weighted by molar-refractivity contribution is -0.141. The standard InChI is InChI=1S/C21H28N2O6S/c1-15-11-22(7-9-27-15)19(24)13-29-21(26)17-5-3-4-6-18(17)30-14-20(25)23-8-10-28-16(2)12-23/h3-6,15-16H,7-14H2,1-2H3. The van der Waals surface area contributed by atoms with Crippen molar-refractivity contribution in [1.82, 2.24) is 9.80 Å². The Kier molecular flexibility index (Phi) is 8.12. The molecular weight excluding hydrogens is 408 g/mol. The van der Waals surface area contributed by atoms with Gasteiger partial charge in [-0.15, -0.1) is 11.8 Å². The van der Waals surface area contributed by atoms with Crippen molar-refractivity contribution in [3.8, 4) is 0 Å². The number of thioether (sulfide) groups is 1. The van der Waals surface area contributed by atoms with Gasteiger partial charge in [0.15, 0.2) is 6.61 Å². The van der Waals surface area contributed by atoms with Crippen LogP contribution in [0.5, 0.6) is 0 Å². The maximum atomic E-state index is 12.6. The van der Waals surface area contributed by atoms with Crippen LogP contribution in [-0.4, -0.2) is 91.5 Å². The summed E-state index contributed by atoms with van der Waals surface area (Å²) in [5.41, 5.74) is 0.355. The van der Waals surface area contributed by atoms with Crippen LogP contribution in [0, 0.1) is 0 Å². The molecule has 1 aromatic carbocycles. The van der Waals surface area contributed by atoms with Gasteiger partial charge in [0.05, 0.1) is 36.7 Å². The third-order valence-electron chi connectivity index (χ3n) is 4.97. The third kappa shape index (κ3) is 6.20. The molecule has 0 bridgehead atoms. The summed E-state index contributed by atoms with van der Waals surface area (Å²) < 4.78 is 16.1. The molecule has 0 aliphatic carbocycles. The summed E-state index contributed by atoms with van der Waals surface area (Å²) in [6, 6.07) is 6.97. The maximum Gasteiger partial charge on any atom is 0.339 e. The van der Waals surface area contributed by atoms with Crippen LogP contribution in [-0.2, 0) is 23.8 Å². The number of hydrogen-bond donors (Lipinski definition) is 0. The van der Waals surface area contributed by atoms with Gasteiger partial charge < -0.3 is 24.0 Å². The monoisotopic (exact) mass is 436 g/mol. The van der Waals surface area contributed by atoms with E-state index in [1.165, 1.54) is 11.8 Å². The second kappa shape index (κ2) is 10.8. The van der Waals surface area contributed by atoms with Gasteiger partial charge in [0, 0.05) is 31.1 Å². The molecule has 2 aliphatic rings. The van der Waals surface area contributed by atoms with Crippen LogP contribution >= 0.6 is 11.8 Å². The van der Waals surface area contributed by atoms with Crippen molar-refractivity contribution in [3.63, 3.8) is 0 Å². The van der Waals surface area contributed by atoms with Crippen molar-refractivity contribution in [2.24, 2.45) is 0 Å². The molecule has 2 aliphatic heterocycles. The molecule has 3 rings (SSSR count). The van der Waals surface area contributed by atoms with E-state index >= 15 is 0 Å². The van der Waals surface area contributed by atoms with Gasteiger partial charge in [-0.3, -0.25) is 9.59 Å². The Labute approximate surface area is 180 Å². The van der Waals surface area contributed by atoms with Crippen molar-refractivity contribution in [3.05, 3.63) is 29.8 Å². The zero-order valence-corrected chi connectivity index (χ0v) is 18.2. The van der Waals surface area contributed by atoms with Gasteiger partial charge in [0.1, 0.15) is 0 Å². The lowest BCUT2D eigenvalue weighted by Crippen LogP contribution is -2.46. The van der Waals surface area contributed by atoms with Crippen molar-refractivity contribution < 1.29 is 28.6 Å². The second-order valence-corrected chi connectivity index (χ2v) is 8.42. The Bertz CT molecular complexity index is 774. The summed E-state index contributed by atoms with van der Waals surface area (Å²) in [5.74, 6) is -0.572. The van der Waals surface area contributed by atoms with Crippen LogP contribution in [0.4, 0.5) is 0 Å². The Morgan fingerprint density at radius 2 is 1.60 bits per heavy atom. The minimum absolute atomic E-state index is 0.00920. The molecule has 2 fully saturated rings. The number of amides is 2. The minimum Gasteiger partial charge on any atom is -0.452 e. The summed E-state index contributed by atoms with van der Waals surface area (Å²) in [5, 5.41) is 0. The normalized spacial score (nSPS) is 21.9. The topological polar surface area (TPSA) is 85.4 Å². The van der Waals surface area contributed by atoms with Crippen LogP contribution in [0.3, 0.4) is 0 Å². The Morgan fingerprint density at radius 3 is 2.23 bits per heavy atom. The highest BCUT2D eigenvalue weighted by atomic mass is 32.2. The first-order valence-electron chi connectivity index (χ1n) is 10.1. The molecule has 8 nitrogen and oxygen atoms in total. The molecule has 9 heteroatoms. The Hall–Kier alpha value is -2.10. The molecular formula is C21H28N2O6S. The summed E-state index contributed by atoms with van der Waals surface area (Å²) in [4.78, 5) is 41.4. The van der Waals surface area contributed by atoms with Crippen LogP contribution in [0.15, 0.2) is 29.2 Å². The number of morpholine rings is 2. The smallest absolute Gasteiger partial charge is 0.339 e. The van der Waals surface area contributed by atoms with Crippen LogP contribution in [0.2, 0.25) is 0 Å². The fourth-order valence-corrected chi connectivity index (χ4v) is 4.32. The van der Waals surface area contributed by atoms with Crippen molar-refractivity contribution in [2.75, 3.05) is 51.8 Å². The summed E-state index contributed by atoms with van der Waals surface area (Å²) >= 11 is 1.30. The number of ether oxygens (including phenoxy) is 3. The lowest BCUT2D eigenvalue weighted by Gasteiger charge is -2.31. The van der Waals surface area contributed by atoms with Gasteiger partial charge in [-0.1, -0.05) is 12.1 Å².